The van der Waals surface area contributed by atoms with Crippen LogP contribution in [0.2, 0.25) is 0 Å². The topological polar surface area (TPSA) is 26.3 Å². The first kappa shape index (κ1) is 22.0. The molecule has 2 aliphatic rings. The Bertz CT molecular complexity index is 1330. The number of hydrogen-bond donors (Lipinski definition) is 0. The average Bonchev–Trinajstić information content (AvgIpc) is 3.63. The predicted molar refractivity (Wildman–Crippen MR) is 149 cm³/mol. The van der Waals surface area contributed by atoms with Crippen molar-refractivity contribution in [2.24, 2.45) is 0 Å². The van der Waals surface area contributed by atoms with Gasteiger partial charge in [0.15, 0.2) is 0 Å². The van der Waals surface area contributed by atoms with Gasteiger partial charge in [0.2, 0.25) is 0 Å². The standard InChI is InChI=1S/C34H34O2/c1-3-11-23(12-4-1)29-19-21-31(35-29)33-25-15-7-9-17-27(25)34(28-18-10-8-16-26(28)33)32-22-20-30(36-32)24-13-5-2-6-14-24/h7-10,15-24H,1-6,11-14H2. The van der Waals surface area contributed by atoms with Crippen LogP contribution in [0.4, 0.5) is 0 Å². The molecule has 3 aromatic carbocycles. The van der Waals surface area contributed by atoms with Crippen molar-refractivity contribution in [1.82, 2.24) is 0 Å². The SMILES string of the molecule is c1ccc2c(-c3ccc(C4CCCCC4)o3)c3ccccc3c(-c3ccc(C4CCCCC4)o3)c2c1. The third kappa shape index (κ3) is 3.79. The van der Waals surface area contributed by atoms with E-state index in [1.165, 1.54) is 96.9 Å². The Morgan fingerprint density at radius 1 is 0.417 bits per heavy atom. The first-order chi connectivity index (χ1) is 17.9. The van der Waals surface area contributed by atoms with Crippen molar-refractivity contribution >= 4 is 21.5 Å². The van der Waals surface area contributed by atoms with Gasteiger partial charge in [0, 0.05) is 23.0 Å². The molecule has 0 aliphatic heterocycles. The van der Waals surface area contributed by atoms with Crippen LogP contribution < -0.4 is 0 Å². The van der Waals surface area contributed by atoms with Crippen molar-refractivity contribution in [3.63, 3.8) is 0 Å². The predicted octanol–water partition coefficient (Wildman–Crippen LogP) is 10.6. The monoisotopic (exact) mass is 474 g/mol. The van der Waals surface area contributed by atoms with Crippen LogP contribution in [-0.2, 0) is 0 Å². The summed E-state index contributed by atoms with van der Waals surface area (Å²) in [4.78, 5) is 0. The third-order valence-electron chi connectivity index (χ3n) is 8.69. The highest BCUT2D eigenvalue weighted by Crippen LogP contribution is 2.46. The van der Waals surface area contributed by atoms with Gasteiger partial charge in [0.05, 0.1) is 0 Å². The highest BCUT2D eigenvalue weighted by atomic mass is 16.3. The van der Waals surface area contributed by atoms with Crippen LogP contribution >= 0.6 is 0 Å². The summed E-state index contributed by atoms with van der Waals surface area (Å²) >= 11 is 0. The maximum atomic E-state index is 6.63. The molecule has 36 heavy (non-hydrogen) atoms. The van der Waals surface area contributed by atoms with Crippen molar-refractivity contribution in [3.8, 4) is 22.6 Å². The number of hydrogen-bond acceptors (Lipinski definition) is 2. The second-order valence-corrected chi connectivity index (χ2v) is 10.9. The molecule has 0 radical (unpaired) electrons. The fourth-order valence-electron chi connectivity index (χ4n) is 6.85. The van der Waals surface area contributed by atoms with E-state index < -0.39 is 0 Å². The fraction of sp³-hybridized carbons (Fsp3) is 0.353. The summed E-state index contributed by atoms with van der Waals surface area (Å²) in [5.41, 5.74) is 2.40. The molecular weight excluding hydrogens is 440 g/mol. The van der Waals surface area contributed by atoms with E-state index >= 15 is 0 Å². The Hall–Kier alpha value is -3.26. The summed E-state index contributed by atoms with van der Waals surface area (Å²) in [7, 11) is 0. The molecule has 0 spiro atoms. The van der Waals surface area contributed by atoms with Crippen LogP contribution in [0.3, 0.4) is 0 Å². The molecule has 7 rings (SSSR count). The summed E-state index contributed by atoms with van der Waals surface area (Å²) in [5.74, 6) is 5.40. The van der Waals surface area contributed by atoms with Crippen LogP contribution in [-0.4, -0.2) is 0 Å². The molecule has 2 aromatic heterocycles. The highest BCUT2D eigenvalue weighted by molar-refractivity contribution is 6.20. The van der Waals surface area contributed by atoms with Gasteiger partial charge in [-0.2, -0.15) is 0 Å². The highest BCUT2D eigenvalue weighted by Gasteiger charge is 2.24. The van der Waals surface area contributed by atoms with E-state index in [2.05, 4.69) is 72.8 Å². The van der Waals surface area contributed by atoms with Crippen molar-refractivity contribution in [3.05, 3.63) is 84.3 Å². The Morgan fingerprint density at radius 3 is 1.14 bits per heavy atom. The quantitative estimate of drug-likeness (QED) is 0.242. The van der Waals surface area contributed by atoms with Gasteiger partial charge in [0.1, 0.15) is 23.0 Å². The van der Waals surface area contributed by atoms with Crippen molar-refractivity contribution in [2.75, 3.05) is 0 Å². The number of benzene rings is 3. The Labute approximate surface area is 213 Å². The van der Waals surface area contributed by atoms with Crippen LogP contribution in [0.25, 0.3) is 44.2 Å². The maximum Gasteiger partial charge on any atom is 0.135 e. The van der Waals surface area contributed by atoms with E-state index in [9.17, 15) is 0 Å². The molecule has 0 bridgehead atoms. The van der Waals surface area contributed by atoms with E-state index in [-0.39, 0.29) is 0 Å². The van der Waals surface area contributed by atoms with E-state index in [1.54, 1.807) is 0 Å². The summed E-state index contributed by atoms with van der Waals surface area (Å²) in [6.45, 7) is 0. The van der Waals surface area contributed by atoms with Crippen LogP contribution in [0.15, 0.2) is 81.6 Å². The number of rotatable bonds is 4. The molecule has 5 aromatic rings. The van der Waals surface area contributed by atoms with Gasteiger partial charge in [-0.3, -0.25) is 0 Å². The van der Waals surface area contributed by atoms with Crippen molar-refractivity contribution in [1.29, 1.82) is 0 Å². The minimum absolute atomic E-state index is 0.561. The second-order valence-electron chi connectivity index (χ2n) is 10.9. The minimum atomic E-state index is 0.561. The fourth-order valence-corrected chi connectivity index (χ4v) is 6.85. The summed E-state index contributed by atoms with van der Waals surface area (Å²) in [6, 6.07) is 26.4. The molecular formula is C34H34O2. The van der Waals surface area contributed by atoms with Gasteiger partial charge in [-0.1, -0.05) is 87.1 Å². The van der Waals surface area contributed by atoms with Crippen LogP contribution in [0.1, 0.15) is 87.6 Å². The van der Waals surface area contributed by atoms with Gasteiger partial charge in [-0.25, -0.2) is 0 Å². The number of furan rings is 2. The molecule has 2 fully saturated rings. The summed E-state index contributed by atoms with van der Waals surface area (Å²) in [6.07, 6.45) is 12.9. The Morgan fingerprint density at radius 2 is 0.778 bits per heavy atom. The first-order valence-corrected chi connectivity index (χ1v) is 14.0. The molecule has 0 atom stereocenters. The minimum Gasteiger partial charge on any atom is -0.461 e. The lowest BCUT2D eigenvalue weighted by Crippen LogP contribution is -2.02. The average molecular weight is 475 g/mol. The van der Waals surface area contributed by atoms with Gasteiger partial charge < -0.3 is 8.83 Å². The van der Waals surface area contributed by atoms with E-state index in [1.807, 2.05) is 0 Å². The lowest BCUT2D eigenvalue weighted by molar-refractivity contribution is 0.378. The van der Waals surface area contributed by atoms with Crippen LogP contribution in [0.5, 0.6) is 0 Å². The lowest BCUT2D eigenvalue weighted by Gasteiger charge is -2.20. The molecule has 2 heterocycles. The van der Waals surface area contributed by atoms with E-state index in [0.29, 0.717) is 11.8 Å². The molecule has 182 valence electrons. The smallest absolute Gasteiger partial charge is 0.135 e. The lowest BCUT2D eigenvalue weighted by atomic mass is 9.88. The van der Waals surface area contributed by atoms with Gasteiger partial charge in [-0.15, -0.1) is 0 Å². The third-order valence-corrected chi connectivity index (χ3v) is 8.69. The summed E-state index contributed by atoms with van der Waals surface area (Å²) < 4.78 is 13.3. The largest absolute Gasteiger partial charge is 0.461 e. The molecule has 2 heteroatoms. The Kier molecular flexibility index (Phi) is 5.69. The second kappa shape index (κ2) is 9.32. The van der Waals surface area contributed by atoms with Crippen molar-refractivity contribution in [2.45, 2.75) is 76.0 Å². The van der Waals surface area contributed by atoms with Crippen molar-refractivity contribution < 1.29 is 8.83 Å². The Balaban J connectivity index is 1.40. The zero-order valence-corrected chi connectivity index (χ0v) is 21.0. The van der Waals surface area contributed by atoms with Gasteiger partial charge >= 0.3 is 0 Å². The molecule has 0 N–H and O–H groups in total. The maximum absolute atomic E-state index is 6.63. The number of fused-ring (bicyclic) bond motifs is 2. The van der Waals surface area contributed by atoms with E-state index in [4.69, 9.17) is 8.83 Å². The molecule has 2 aliphatic carbocycles. The normalized spacial score (nSPS) is 17.8. The molecule has 0 amide bonds. The first-order valence-electron chi connectivity index (χ1n) is 14.0. The van der Waals surface area contributed by atoms with E-state index in [0.717, 1.165) is 23.0 Å². The van der Waals surface area contributed by atoms with Gasteiger partial charge in [-0.05, 0) is 71.5 Å². The molecule has 0 unspecified atom stereocenters. The van der Waals surface area contributed by atoms with Crippen LogP contribution in [0, 0.1) is 0 Å². The zero-order valence-electron chi connectivity index (χ0n) is 21.0. The van der Waals surface area contributed by atoms with Gasteiger partial charge in [0.25, 0.3) is 0 Å². The molecule has 2 saturated carbocycles. The zero-order chi connectivity index (χ0) is 23.9. The molecule has 0 saturated heterocycles. The summed E-state index contributed by atoms with van der Waals surface area (Å²) in [5, 5.41) is 4.91. The molecule has 2 nitrogen and oxygen atoms in total.